The van der Waals surface area contributed by atoms with Crippen molar-refractivity contribution in [2.24, 2.45) is 5.73 Å². The Morgan fingerprint density at radius 1 is 1.26 bits per heavy atom. The highest BCUT2D eigenvalue weighted by Gasteiger charge is 2.22. The number of halogens is 2. The van der Waals surface area contributed by atoms with Gasteiger partial charge in [-0.1, -0.05) is 6.42 Å². The summed E-state index contributed by atoms with van der Waals surface area (Å²) in [5.74, 6) is -2.31. The number of urea groups is 1. The number of aliphatic hydroxyl groups excluding tert-OH is 1. The number of rotatable bonds is 11. The van der Waals surface area contributed by atoms with Gasteiger partial charge in [0.1, 0.15) is 28.8 Å². The first-order valence-electron chi connectivity index (χ1n) is 11.6. The fourth-order valence-electron chi connectivity index (χ4n) is 3.84. The summed E-state index contributed by atoms with van der Waals surface area (Å²) >= 11 is 0.780. The lowest BCUT2D eigenvalue weighted by Crippen LogP contribution is -2.37. The van der Waals surface area contributed by atoms with Crippen molar-refractivity contribution in [3.8, 4) is 5.88 Å². The maximum Gasteiger partial charge on any atom is 0.319 e. The van der Waals surface area contributed by atoms with E-state index in [9.17, 15) is 23.5 Å². The number of hydrogen-bond donors (Lipinski definition) is 4. The number of benzene rings is 1. The fourth-order valence-corrected chi connectivity index (χ4v) is 4.57. The fraction of sp³-hybridized carbons (Fsp3) is 0.522. The summed E-state index contributed by atoms with van der Waals surface area (Å²) in [5.41, 5.74) is 5.37. The summed E-state index contributed by atoms with van der Waals surface area (Å²) in [4.78, 5) is 26.4. The molecule has 1 fully saturated rings. The highest BCUT2D eigenvalue weighted by Crippen LogP contribution is 2.31. The third-order valence-electron chi connectivity index (χ3n) is 5.74. The lowest BCUT2D eigenvalue weighted by molar-refractivity contribution is 0.0933. The summed E-state index contributed by atoms with van der Waals surface area (Å²) in [5, 5.41) is 15.4. The van der Waals surface area contributed by atoms with Crippen LogP contribution in [-0.2, 0) is 6.61 Å². The number of aryl methyl sites for hydroxylation is 1. The van der Waals surface area contributed by atoms with Crippen molar-refractivity contribution < 1.29 is 28.2 Å². The lowest BCUT2D eigenvalue weighted by Gasteiger charge is -2.28. The van der Waals surface area contributed by atoms with Gasteiger partial charge in [0.25, 0.3) is 5.91 Å². The van der Waals surface area contributed by atoms with Crippen molar-refractivity contribution in [1.29, 1.82) is 0 Å². The molecule has 192 valence electrons. The Morgan fingerprint density at radius 3 is 2.71 bits per heavy atom. The highest BCUT2D eigenvalue weighted by atomic mass is 32.1. The molecule has 2 heterocycles. The minimum Gasteiger partial charge on any atom is -0.471 e. The summed E-state index contributed by atoms with van der Waals surface area (Å²) in [6.45, 7) is 4.05. The second-order valence-electron chi connectivity index (χ2n) is 8.58. The van der Waals surface area contributed by atoms with Crippen LogP contribution in [0.2, 0.25) is 0 Å². The highest BCUT2D eigenvalue weighted by molar-refractivity contribution is 7.11. The Morgan fingerprint density at radius 2 is 2.00 bits per heavy atom. The van der Waals surface area contributed by atoms with E-state index < -0.39 is 29.7 Å². The van der Waals surface area contributed by atoms with Crippen LogP contribution in [0.5, 0.6) is 5.88 Å². The van der Waals surface area contributed by atoms with E-state index in [4.69, 9.17) is 10.5 Å². The number of amides is 3. The van der Waals surface area contributed by atoms with E-state index in [2.05, 4.69) is 19.9 Å². The average Bonchev–Trinajstić information content (AvgIpc) is 3.21. The van der Waals surface area contributed by atoms with Gasteiger partial charge in [-0.3, -0.25) is 10.1 Å². The molecular weight excluding hydrogens is 480 g/mol. The number of nitrogens with zero attached hydrogens (tertiary/aromatic N) is 2. The predicted molar refractivity (Wildman–Crippen MR) is 129 cm³/mol. The quantitative estimate of drug-likeness (QED) is 0.343. The second kappa shape index (κ2) is 12.8. The number of carbonyl (C=O) groups is 2. The first-order valence-corrected chi connectivity index (χ1v) is 12.3. The second-order valence-corrected chi connectivity index (χ2v) is 9.35. The molecule has 0 radical (unpaired) electrons. The minimum absolute atomic E-state index is 0.0498. The summed E-state index contributed by atoms with van der Waals surface area (Å²) in [7, 11) is 0. The summed E-state index contributed by atoms with van der Waals surface area (Å²) in [6, 6.07) is 1.49. The number of carbonyl (C=O) groups excluding carboxylic acids is 2. The average molecular weight is 512 g/mol. The SMILES string of the molecule is Cc1cc(F)c(COc2nsc(NC(=O)NCCCC(O)CN3CCCCC3)c2C(N)=O)cc1F. The number of likely N-dealkylation sites (tertiary alicyclic amines) is 1. The van der Waals surface area contributed by atoms with Crippen LogP contribution < -0.4 is 21.1 Å². The van der Waals surface area contributed by atoms with Gasteiger partial charge in [-0.05, 0) is 74.9 Å². The zero-order valence-corrected chi connectivity index (χ0v) is 20.4. The Hall–Kier alpha value is -2.83. The molecule has 2 aromatic rings. The van der Waals surface area contributed by atoms with E-state index in [1.54, 1.807) is 0 Å². The van der Waals surface area contributed by atoms with Gasteiger partial charge >= 0.3 is 6.03 Å². The van der Waals surface area contributed by atoms with Crippen LogP contribution >= 0.6 is 11.5 Å². The van der Waals surface area contributed by atoms with Gasteiger partial charge in [0.15, 0.2) is 0 Å². The third-order valence-corrected chi connectivity index (χ3v) is 6.49. The molecule has 1 atom stereocenters. The number of ether oxygens (including phenoxy) is 1. The van der Waals surface area contributed by atoms with Gasteiger partial charge in [0.2, 0.25) is 5.88 Å². The Bertz CT molecular complexity index is 1030. The number of aliphatic hydroxyl groups is 1. The van der Waals surface area contributed by atoms with Crippen molar-refractivity contribution >= 4 is 28.5 Å². The third kappa shape index (κ3) is 7.84. The van der Waals surface area contributed by atoms with Gasteiger partial charge in [-0.2, -0.15) is 4.37 Å². The minimum atomic E-state index is -0.888. The van der Waals surface area contributed by atoms with Crippen molar-refractivity contribution in [2.45, 2.75) is 51.7 Å². The normalized spacial score (nSPS) is 15.0. The number of primary amides is 1. The number of hydrogen-bond acceptors (Lipinski definition) is 7. The summed E-state index contributed by atoms with van der Waals surface area (Å²) in [6.07, 6.45) is 4.24. The molecular formula is C23H31F2N5O4S. The van der Waals surface area contributed by atoms with E-state index in [1.165, 1.54) is 13.3 Å². The van der Waals surface area contributed by atoms with Crippen molar-refractivity contribution in [1.82, 2.24) is 14.6 Å². The van der Waals surface area contributed by atoms with Crippen LogP contribution in [0, 0.1) is 18.6 Å². The Balaban J connectivity index is 1.47. The van der Waals surface area contributed by atoms with Crippen LogP contribution in [0.15, 0.2) is 12.1 Å². The number of anilines is 1. The Kier molecular flexibility index (Phi) is 9.75. The number of piperidine rings is 1. The Labute approximate surface area is 206 Å². The molecule has 0 aliphatic carbocycles. The van der Waals surface area contributed by atoms with Crippen molar-refractivity contribution in [2.75, 3.05) is 31.5 Å². The van der Waals surface area contributed by atoms with E-state index in [0.717, 1.165) is 49.6 Å². The maximum absolute atomic E-state index is 14.0. The molecule has 1 aromatic carbocycles. The van der Waals surface area contributed by atoms with Crippen LogP contribution in [0.25, 0.3) is 0 Å². The molecule has 5 N–H and O–H groups in total. The van der Waals surface area contributed by atoms with E-state index in [0.29, 0.717) is 25.9 Å². The van der Waals surface area contributed by atoms with Crippen LogP contribution in [0.1, 0.15) is 53.6 Å². The standard InChI is InChI=1S/C23H31F2N5O4S/c1-14-10-18(25)15(11-17(14)24)13-34-21-19(20(26)32)22(35-29-21)28-23(33)27-7-5-6-16(31)12-30-8-3-2-4-9-30/h10-11,16,31H,2-9,12-13H2,1H3,(H2,26,32)(H2,27,28,33). The van der Waals surface area contributed by atoms with Gasteiger partial charge in [0, 0.05) is 18.7 Å². The zero-order chi connectivity index (χ0) is 25.4. The van der Waals surface area contributed by atoms with Crippen LogP contribution in [-0.4, -0.2) is 58.6 Å². The van der Waals surface area contributed by atoms with E-state index >= 15 is 0 Å². The van der Waals surface area contributed by atoms with Gasteiger partial charge < -0.3 is 25.8 Å². The smallest absolute Gasteiger partial charge is 0.319 e. The van der Waals surface area contributed by atoms with Gasteiger partial charge in [-0.25, -0.2) is 13.6 Å². The maximum atomic E-state index is 14.0. The summed E-state index contributed by atoms with van der Waals surface area (Å²) < 4.78 is 37.2. The number of nitrogens with one attached hydrogen (secondary N) is 2. The molecule has 1 saturated heterocycles. The molecule has 0 saturated carbocycles. The molecule has 35 heavy (non-hydrogen) atoms. The van der Waals surface area contributed by atoms with Crippen molar-refractivity contribution in [3.05, 3.63) is 40.5 Å². The van der Waals surface area contributed by atoms with E-state index in [1.807, 2.05) is 0 Å². The first-order chi connectivity index (χ1) is 16.7. The van der Waals surface area contributed by atoms with Crippen molar-refractivity contribution in [3.63, 3.8) is 0 Å². The van der Waals surface area contributed by atoms with E-state index in [-0.39, 0.29) is 34.2 Å². The number of aromatic nitrogens is 1. The molecule has 1 aliphatic rings. The number of nitrogens with two attached hydrogens (primary N) is 1. The zero-order valence-electron chi connectivity index (χ0n) is 19.6. The molecule has 3 rings (SSSR count). The molecule has 3 amide bonds. The largest absolute Gasteiger partial charge is 0.471 e. The monoisotopic (exact) mass is 511 g/mol. The molecule has 1 aliphatic heterocycles. The van der Waals surface area contributed by atoms with Crippen LogP contribution in [0.4, 0.5) is 18.6 Å². The molecule has 0 bridgehead atoms. The number of β-amino-alcohol motifs (C(OH)–C–C–N with tert-alkyl or cyclic N) is 1. The van der Waals surface area contributed by atoms with Gasteiger partial charge in [0.05, 0.1) is 6.10 Å². The topological polar surface area (TPSA) is 130 Å². The lowest BCUT2D eigenvalue weighted by atomic mass is 10.1. The van der Waals surface area contributed by atoms with Gasteiger partial charge in [-0.15, -0.1) is 0 Å². The molecule has 1 unspecified atom stereocenters. The molecule has 0 spiro atoms. The van der Waals surface area contributed by atoms with Crippen LogP contribution in [0.3, 0.4) is 0 Å². The molecule has 12 heteroatoms. The molecule has 9 nitrogen and oxygen atoms in total. The molecule has 1 aromatic heterocycles. The first kappa shape index (κ1) is 26.8. The predicted octanol–water partition coefficient (Wildman–Crippen LogP) is 3.16.